The quantitative estimate of drug-likeness (QED) is 0.312. The Morgan fingerprint density at radius 1 is 1.03 bits per heavy atom. The van der Waals surface area contributed by atoms with E-state index in [1.54, 1.807) is 19.4 Å². The maximum atomic E-state index is 12.0. The summed E-state index contributed by atoms with van der Waals surface area (Å²) < 4.78 is 11.7. The van der Waals surface area contributed by atoms with Crippen molar-refractivity contribution >= 4 is 40.0 Å². The van der Waals surface area contributed by atoms with Gasteiger partial charge in [-0.05, 0) is 57.3 Å². The Labute approximate surface area is 214 Å². The summed E-state index contributed by atoms with van der Waals surface area (Å²) in [4.78, 5) is 27.5. The van der Waals surface area contributed by atoms with E-state index < -0.39 is 5.91 Å². The largest absolute Gasteiger partial charge is 0.493 e. The lowest BCUT2D eigenvalue weighted by Crippen LogP contribution is -2.46. The SMILES string of the molecule is COc1cc(Nc2nccc(Nc3cc4ccccc4nc3C(N)=O)n2)ccc1OC1CC(N(C)C)C1. The van der Waals surface area contributed by atoms with Crippen LogP contribution in [0.2, 0.25) is 0 Å². The number of primary amides is 1. The molecule has 1 saturated carbocycles. The minimum absolute atomic E-state index is 0.135. The molecular formula is C27H29N7O3. The number of carbonyl (C=O) groups excluding carboxylic acids is 1. The number of anilines is 4. The number of amides is 1. The number of benzene rings is 2. The van der Waals surface area contributed by atoms with Crippen LogP contribution in [0.5, 0.6) is 11.5 Å². The first kappa shape index (κ1) is 24.3. The second kappa shape index (κ2) is 10.3. The normalized spacial score (nSPS) is 16.8. The van der Waals surface area contributed by atoms with E-state index in [0.717, 1.165) is 23.9 Å². The summed E-state index contributed by atoms with van der Waals surface area (Å²) in [6.07, 6.45) is 3.78. The first-order valence-electron chi connectivity index (χ1n) is 12.0. The molecule has 1 aliphatic rings. The standard InChI is InChI=1S/C27H29N7O3/c1-34(2)18-14-19(15-18)37-22-9-8-17(13-23(22)36-3)30-27-29-11-10-24(33-27)31-21-12-16-6-4-5-7-20(16)32-25(21)26(28)35/h4-13,18-19H,14-15H2,1-3H3,(H2,28,35)(H2,29,30,31,33). The van der Waals surface area contributed by atoms with Crippen molar-refractivity contribution in [1.82, 2.24) is 19.9 Å². The second-order valence-electron chi connectivity index (χ2n) is 9.15. The van der Waals surface area contributed by atoms with E-state index in [-0.39, 0.29) is 11.8 Å². The van der Waals surface area contributed by atoms with Crippen molar-refractivity contribution in [1.29, 1.82) is 0 Å². The molecule has 0 aliphatic heterocycles. The highest BCUT2D eigenvalue weighted by Gasteiger charge is 2.32. The number of aromatic nitrogens is 3. The number of para-hydroxylation sites is 1. The molecule has 1 fully saturated rings. The molecule has 2 aromatic carbocycles. The predicted molar refractivity (Wildman–Crippen MR) is 143 cm³/mol. The zero-order valence-corrected chi connectivity index (χ0v) is 20.9. The van der Waals surface area contributed by atoms with Gasteiger partial charge in [0.25, 0.3) is 5.91 Å². The van der Waals surface area contributed by atoms with Gasteiger partial charge in [0.15, 0.2) is 17.2 Å². The molecule has 0 radical (unpaired) electrons. The molecule has 10 nitrogen and oxygen atoms in total. The number of methoxy groups -OCH3 is 1. The zero-order valence-electron chi connectivity index (χ0n) is 20.9. The minimum Gasteiger partial charge on any atom is -0.493 e. The van der Waals surface area contributed by atoms with Crippen LogP contribution in [-0.2, 0) is 0 Å². The number of fused-ring (bicyclic) bond motifs is 1. The molecule has 0 spiro atoms. The van der Waals surface area contributed by atoms with Gasteiger partial charge in [0.1, 0.15) is 11.9 Å². The van der Waals surface area contributed by atoms with Crippen LogP contribution in [0.1, 0.15) is 23.3 Å². The average molecular weight is 500 g/mol. The van der Waals surface area contributed by atoms with Gasteiger partial charge in [-0.25, -0.2) is 9.97 Å². The van der Waals surface area contributed by atoms with Gasteiger partial charge in [0.05, 0.1) is 18.3 Å². The molecule has 4 aromatic rings. The van der Waals surface area contributed by atoms with Crippen molar-refractivity contribution in [2.24, 2.45) is 5.73 Å². The maximum absolute atomic E-state index is 12.0. The summed E-state index contributed by atoms with van der Waals surface area (Å²) in [5.74, 6) is 1.54. The number of nitrogens with two attached hydrogens (primary N) is 1. The fourth-order valence-electron chi connectivity index (χ4n) is 4.23. The van der Waals surface area contributed by atoms with Crippen molar-refractivity contribution in [3.8, 4) is 11.5 Å². The van der Waals surface area contributed by atoms with E-state index in [1.165, 1.54) is 0 Å². The zero-order chi connectivity index (χ0) is 25.9. The van der Waals surface area contributed by atoms with Crippen LogP contribution < -0.4 is 25.8 Å². The van der Waals surface area contributed by atoms with E-state index in [9.17, 15) is 4.79 Å². The van der Waals surface area contributed by atoms with Crippen molar-refractivity contribution in [3.63, 3.8) is 0 Å². The summed E-state index contributed by atoms with van der Waals surface area (Å²) in [6, 6.07) is 17.2. The summed E-state index contributed by atoms with van der Waals surface area (Å²) in [6.45, 7) is 0. The molecule has 0 unspecified atom stereocenters. The van der Waals surface area contributed by atoms with Gasteiger partial charge in [0.2, 0.25) is 5.95 Å². The van der Waals surface area contributed by atoms with E-state index >= 15 is 0 Å². The smallest absolute Gasteiger partial charge is 0.269 e. The first-order valence-corrected chi connectivity index (χ1v) is 12.0. The monoisotopic (exact) mass is 499 g/mol. The van der Waals surface area contributed by atoms with E-state index in [4.69, 9.17) is 15.2 Å². The van der Waals surface area contributed by atoms with Gasteiger partial charge >= 0.3 is 0 Å². The third kappa shape index (κ3) is 5.39. The summed E-state index contributed by atoms with van der Waals surface area (Å²) in [5, 5.41) is 7.21. The summed E-state index contributed by atoms with van der Waals surface area (Å²) >= 11 is 0. The van der Waals surface area contributed by atoms with Crippen molar-refractivity contribution in [3.05, 3.63) is 66.5 Å². The topological polar surface area (TPSA) is 128 Å². The number of nitrogens with zero attached hydrogens (tertiary/aromatic N) is 4. The van der Waals surface area contributed by atoms with Gasteiger partial charge in [-0.3, -0.25) is 4.79 Å². The molecule has 4 N–H and O–H groups in total. The van der Waals surface area contributed by atoms with Crippen molar-refractivity contribution < 1.29 is 14.3 Å². The number of pyridine rings is 1. The lowest BCUT2D eigenvalue weighted by Gasteiger charge is -2.39. The second-order valence-corrected chi connectivity index (χ2v) is 9.15. The molecule has 0 saturated heterocycles. The van der Waals surface area contributed by atoms with Crippen LogP contribution in [0, 0.1) is 0 Å². The number of ether oxygens (including phenoxy) is 2. The van der Waals surface area contributed by atoms with Crippen LogP contribution in [-0.4, -0.2) is 59.1 Å². The molecule has 1 aliphatic carbocycles. The number of rotatable bonds is 9. The molecule has 0 atom stereocenters. The molecule has 0 bridgehead atoms. The van der Waals surface area contributed by atoms with Crippen molar-refractivity contribution in [2.75, 3.05) is 31.8 Å². The van der Waals surface area contributed by atoms with Gasteiger partial charge in [-0.1, -0.05) is 18.2 Å². The molecule has 190 valence electrons. The van der Waals surface area contributed by atoms with Crippen LogP contribution in [0.4, 0.5) is 23.1 Å². The van der Waals surface area contributed by atoms with Crippen LogP contribution in [0.15, 0.2) is 60.8 Å². The Morgan fingerprint density at radius 2 is 1.84 bits per heavy atom. The molecule has 2 heterocycles. The number of carbonyl (C=O) groups is 1. The fraction of sp³-hybridized carbons (Fsp3) is 0.259. The first-order chi connectivity index (χ1) is 17.9. The van der Waals surface area contributed by atoms with E-state index in [2.05, 4.69) is 44.6 Å². The fourth-order valence-corrected chi connectivity index (χ4v) is 4.23. The highest BCUT2D eigenvalue weighted by molar-refractivity contribution is 6.00. The van der Waals surface area contributed by atoms with Crippen molar-refractivity contribution in [2.45, 2.75) is 25.0 Å². The highest BCUT2D eigenvalue weighted by atomic mass is 16.5. The van der Waals surface area contributed by atoms with Crippen LogP contribution >= 0.6 is 0 Å². The predicted octanol–water partition coefficient (Wildman–Crippen LogP) is 4.09. The number of nitrogens with one attached hydrogen (secondary N) is 2. The number of hydrogen-bond donors (Lipinski definition) is 3. The Hall–Kier alpha value is -4.44. The lowest BCUT2D eigenvalue weighted by molar-refractivity contribution is 0.0383. The summed E-state index contributed by atoms with van der Waals surface area (Å²) in [5.41, 5.74) is 7.61. The Morgan fingerprint density at radius 3 is 2.59 bits per heavy atom. The van der Waals surface area contributed by atoms with Crippen LogP contribution in [0.3, 0.4) is 0 Å². The van der Waals surface area contributed by atoms with Gasteiger partial charge in [-0.2, -0.15) is 4.98 Å². The molecule has 1 amide bonds. The molecule has 2 aromatic heterocycles. The average Bonchev–Trinajstić information content (AvgIpc) is 2.86. The van der Waals surface area contributed by atoms with E-state index in [1.807, 2.05) is 48.5 Å². The Bertz CT molecular complexity index is 1440. The molecule has 5 rings (SSSR count). The lowest BCUT2D eigenvalue weighted by atomic mass is 9.88. The van der Waals surface area contributed by atoms with E-state index in [0.29, 0.717) is 40.5 Å². The van der Waals surface area contributed by atoms with Crippen LogP contribution in [0.25, 0.3) is 10.9 Å². The summed E-state index contributed by atoms with van der Waals surface area (Å²) in [7, 11) is 5.79. The molecule has 37 heavy (non-hydrogen) atoms. The third-order valence-corrected chi connectivity index (χ3v) is 6.39. The van der Waals surface area contributed by atoms with Gasteiger partial charge in [0, 0.05) is 29.4 Å². The molecular weight excluding hydrogens is 470 g/mol. The van der Waals surface area contributed by atoms with Gasteiger partial charge < -0.3 is 30.7 Å². The highest BCUT2D eigenvalue weighted by Crippen LogP contribution is 2.36. The molecule has 10 heteroatoms. The number of hydrogen-bond acceptors (Lipinski definition) is 9. The maximum Gasteiger partial charge on any atom is 0.269 e. The van der Waals surface area contributed by atoms with Gasteiger partial charge in [-0.15, -0.1) is 0 Å². The Balaban J connectivity index is 1.31. The third-order valence-electron chi connectivity index (χ3n) is 6.39. The minimum atomic E-state index is -0.630. The Kier molecular flexibility index (Phi) is 6.74.